The molecule has 0 bridgehead atoms. The van der Waals surface area contributed by atoms with Crippen LogP contribution in [0, 0.1) is 0 Å². The fourth-order valence-electron chi connectivity index (χ4n) is 3.97. The van der Waals surface area contributed by atoms with Crippen LogP contribution in [0.3, 0.4) is 0 Å². The molecule has 3 N–H and O–H groups in total. The average Bonchev–Trinajstić information content (AvgIpc) is 2.80. The molecule has 1 amide bonds. The van der Waals surface area contributed by atoms with E-state index in [1.807, 2.05) is 45.0 Å². The first-order chi connectivity index (χ1) is 15.8. The summed E-state index contributed by atoms with van der Waals surface area (Å²) in [7, 11) is 1.77. The largest absolute Gasteiger partial charge is 0.352 e. The highest BCUT2D eigenvalue weighted by Crippen LogP contribution is 2.14. The lowest BCUT2D eigenvalue weighted by Crippen LogP contribution is -2.40. The van der Waals surface area contributed by atoms with E-state index in [4.69, 9.17) is 0 Å². The number of nitrogens with zero attached hydrogens (tertiary/aromatic N) is 2. The average molecular weight is 578 g/mol. The van der Waals surface area contributed by atoms with Gasteiger partial charge in [-0.05, 0) is 75.5 Å². The van der Waals surface area contributed by atoms with Crippen molar-refractivity contribution in [2.45, 2.75) is 65.2 Å². The SMILES string of the molecule is CN=C(NCc1ccc(CN2CCCCC2)cc1)NCc1cccc(C(=O)NC(C)(C)C)c1.I. The Morgan fingerprint density at radius 1 is 0.912 bits per heavy atom. The summed E-state index contributed by atoms with van der Waals surface area (Å²) < 4.78 is 0. The standard InChI is InChI=1S/C27H39N5O.HI/c1-27(2,3)31-25(33)24-10-8-9-23(17-24)19-30-26(28-4)29-18-21-11-13-22(14-12-21)20-32-15-6-5-7-16-32;/h8-14,17H,5-7,15-16,18-20H2,1-4H3,(H,31,33)(H2,28,29,30);1H. The second-order valence-electron chi connectivity index (χ2n) is 9.84. The summed E-state index contributed by atoms with van der Waals surface area (Å²) in [6.45, 7) is 10.7. The minimum atomic E-state index is -0.261. The van der Waals surface area contributed by atoms with E-state index in [1.165, 1.54) is 43.5 Å². The van der Waals surface area contributed by atoms with Crippen LogP contribution in [0.1, 0.15) is 67.1 Å². The maximum absolute atomic E-state index is 12.4. The molecule has 0 radical (unpaired) electrons. The third kappa shape index (κ3) is 9.62. The number of benzene rings is 2. The maximum Gasteiger partial charge on any atom is 0.251 e. The van der Waals surface area contributed by atoms with E-state index in [1.54, 1.807) is 7.05 Å². The van der Waals surface area contributed by atoms with Gasteiger partial charge >= 0.3 is 0 Å². The fraction of sp³-hybridized carbons (Fsp3) is 0.481. The maximum atomic E-state index is 12.4. The molecule has 1 heterocycles. The molecule has 1 saturated heterocycles. The van der Waals surface area contributed by atoms with Crippen LogP contribution in [0.5, 0.6) is 0 Å². The van der Waals surface area contributed by atoms with Gasteiger partial charge in [0, 0.05) is 37.8 Å². The monoisotopic (exact) mass is 577 g/mol. The molecule has 0 atom stereocenters. The van der Waals surface area contributed by atoms with E-state index in [0.717, 1.165) is 18.1 Å². The lowest BCUT2D eigenvalue weighted by atomic mass is 10.1. The number of amides is 1. The van der Waals surface area contributed by atoms with Crippen LogP contribution < -0.4 is 16.0 Å². The van der Waals surface area contributed by atoms with Crippen LogP contribution in [0.4, 0.5) is 0 Å². The van der Waals surface area contributed by atoms with Crippen LogP contribution in [-0.4, -0.2) is 42.4 Å². The minimum absolute atomic E-state index is 0. The first-order valence-corrected chi connectivity index (χ1v) is 12.0. The lowest BCUT2D eigenvalue weighted by molar-refractivity contribution is 0.0919. The molecular weight excluding hydrogens is 537 g/mol. The Balaban J connectivity index is 0.00000408. The number of hydrogen-bond donors (Lipinski definition) is 3. The molecule has 7 heteroatoms. The molecule has 6 nitrogen and oxygen atoms in total. The smallest absolute Gasteiger partial charge is 0.251 e. The predicted octanol–water partition coefficient (Wildman–Crippen LogP) is 4.68. The van der Waals surface area contributed by atoms with Gasteiger partial charge in [-0.2, -0.15) is 0 Å². The summed E-state index contributed by atoms with van der Waals surface area (Å²) >= 11 is 0. The van der Waals surface area contributed by atoms with Gasteiger partial charge in [-0.3, -0.25) is 14.7 Å². The topological polar surface area (TPSA) is 68.8 Å². The molecular formula is C27H40IN5O. The number of nitrogens with one attached hydrogen (secondary N) is 3. The second-order valence-corrected chi connectivity index (χ2v) is 9.84. The van der Waals surface area contributed by atoms with Gasteiger partial charge in [-0.25, -0.2) is 0 Å². The molecule has 0 unspecified atom stereocenters. The first kappa shape index (κ1) is 28.1. The molecule has 1 fully saturated rings. The molecule has 0 aliphatic carbocycles. The summed E-state index contributed by atoms with van der Waals surface area (Å²) in [4.78, 5) is 19.3. The van der Waals surface area contributed by atoms with Gasteiger partial charge in [0.05, 0.1) is 0 Å². The van der Waals surface area contributed by atoms with E-state index in [9.17, 15) is 4.79 Å². The molecule has 186 valence electrons. The number of likely N-dealkylation sites (tertiary alicyclic amines) is 1. The van der Waals surface area contributed by atoms with Crippen molar-refractivity contribution in [2.24, 2.45) is 4.99 Å². The van der Waals surface area contributed by atoms with Crippen molar-refractivity contribution < 1.29 is 4.79 Å². The number of guanidine groups is 1. The summed E-state index contributed by atoms with van der Waals surface area (Å²) in [6.07, 6.45) is 4.01. The van der Waals surface area contributed by atoms with E-state index in [2.05, 4.69) is 50.1 Å². The zero-order chi connectivity index (χ0) is 23.7. The Hall–Kier alpha value is -2.13. The molecule has 3 rings (SSSR count). The summed E-state index contributed by atoms with van der Waals surface area (Å²) in [5, 5.41) is 9.72. The molecule has 0 saturated carbocycles. The Morgan fingerprint density at radius 3 is 2.15 bits per heavy atom. The van der Waals surface area contributed by atoms with E-state index in [-0.39, 0.29) is 35.4 Å². The van der Waals surface area contributed by atoms with Gasteiger partial charge in [0.1, 0.15) is 0 Å². The Bertz CT molecular complexity index is 931. The van der Waals surface area contributed by atoms with Crippen molar-refractivity contribution in [3.05, 3.63) is 70.8 Å². The minimum Gasteiger partial charge on any atom is -0.352 e. The Labute approximate surface area is 222 Å². The highest BCUT2D eigenvalue weighted by Gasteiger charge is 2.15. The first-order valence-electron chi connectivity index (χ1n) is 12.0. The quantitative estimate of drug-likeness (QED) is 0.254. The summed E-state index contributed by atoms with van der Waals surface area (Å²) in [5.74, 6) is 0.674. The van der Waals surface area contributed by atoms with Gasteiger partial charge in [0.25, 0.3) is 5.91 Å². The fourth-order valence-corrected chi connectivity index (χ4v) is 3.97. The highest BCUT2D eigenvalue weighted by atomic mass is 127. The highest BCUT2D eigenvalue weighted by molar-refractivity contribution is 14.0. The lowest BCUT2D eigenvalue weighted by Gasteiger charge is -2.26. The van der Waals surface area contributed by atoms with Crippen molar-refractivity contribution in [3.63, 3.8) is 0 Å². The van der Waals surface area contributed by atoms with Gasteiger partial charge < -0.3 is 16.0 Å². The molecule has 1 aliphatic rings. The third-order valence-corrected chi connectivity index (χ3v) is 5.70. The van der Waals surface area contributed by atoms with E-state index < -0.39 is 0 Å². The van der Waals surface area contributed by atoms with Crippen LogP contribution in [-0.2, 0) is 19.6 Å². The van der Waals surface area contributed by atoms with Crippen LogP contribution in [0.15, 0.2) is 53.5 Å². The number of rotatable bonds is 7. The van der Waals surface area contributed by atoms with Crippen molar-refractivity contribution >= 4 is 35.8 Å². The number of halogens is 1. The number of piperidine rings is 1. The molecule has 0 spiro atoms. The predicted molar refractivity (Wildman–Crippen MR) is 152 cm³/mol. The Kier molecular flexibility index (Phi) is 11.3. The molecule has 34 heavy (non-hydrogen) atoms. The van der Waals surface area contributed by atoms with Crippen molar-refractivity contribution in [2.75, 3.05) is 20.1 Å². The zero-order valence-corrected chi connectivity index (χ0v) is 23.3. The van der Waals surface area contributed by atoms with Crippen molar-refractivity contribution in [1.82, 2.24) is 20.9 Å². The van der Waals surface area contributed by atoms with E-state index in [0.29, 0.717) is 18.7 Å². The number of carbonyl (C=O) groups excluding carboxylic acids is 1. The Morgan fingerprint density at radius 2 is 1.53 bits per heavy atom. The van der Waals surface area contributed by atoms with Crippen LogP contribution in [0.2, 0.25) is 0 Å². The van der Waals surface area contributed by atoms with Gasteiger partial charge in [0.2, 0.25) is 0 Å². The molecule has 0 aromatic heterocycles. The van der Waals surface area contributed by atoms with Gasteiger partial charge in [-0.1, -0.05) is 42.8 Å². The van der Waals surface area contributed by atoms with Crippen molar-refractivity contribution in [3.8, 4) is 0 Å². The molecule has 2 aromatic rings. The van der Waals surface area contributed by atoms with Crippen molar-refractivity contribution in [1.29, 1.82) is 0 Å². The summed E-state index contributed by atoms with van der Waals surface area (Å²) in [6, 6.07) is 16.5. The molecule has 1 aliphatic heterocycles. The van der Waals surface area contributed by atoms with Gasteiger partial charge in [-0.15, -0.1) is 24.0 Å². The third-order valence-electron chi connectivity index (χ3n) is 5.70. The molecule has 2 aromatic carbocycles. The normalized spacial score (nSPS) is 14.8. The number of hydrogen-bond acceptors (Lipinski definition) is 3. The number of carbonyl (C=O) groups is 1. The van der Waals surface area contributed by atoms with Gasteiger partial charge in [0.15, 0.2) is 5.96 Å². The van der Waals surface area contributed by atoms with Crippen LogP contribution in [0.25, 0.3) is 0 Å². The van der Waals surface area contributed by atoms with Crippen LogP contribution >= 0.6 is 24.0 Å². The second kappa shape index (κ2) is 13.7. The van der Waals surface area contributed by atoms with E-state index >= 15 is 0 Å². The summed E-state index contributed by atoms with van der Waals surface area (Å²) in [5.41, 5.74) is 4.03. The number of aliphatic imine (C=N–C) groups is 1. The zero-order valence-electron chi connectivity index (χ0n) is 21.0.